The minimum Gasteiger partial charge on any atom is -0.508 e. The zero-order chi connectivity index (χ0) is 15.6. The van der Waals surface area contributed by atoms with Gasteiger partial charge < -0.3 is 21.3 Å². The molecule has 0 radical (unpaired) electrons. The monoisotopic (exact) mass is 306 g/mol. The molecule has 5 N–H and O–H groups in total. The molecule has 21 heavy (non-hydrogen) atoms. The Balaban J connectivity index is 2.36. The van der Waals surface area contributed by atoms with Gasteiger partial charge in [-0.3, -0.25) is 4.79 Å². The molecule has 0 aromatic heterocycles. The van der Waals surface area contributed by atoms with E-state index in [1.165, 1.54) is 36.4 Å². The third kappa shape index (κ3) is 3.24. The zero-order valence-electron chi connectivity index (χ0n) is 10.6. The Labute approximate surface area is 124 Å². The topological polar surface area (TPSA) is 113 Å². The molecule has 0 heterocycles. The van der Waals surface area contributed by atoms with Crippen LogP contribution in [-0.4, -0.2) is 22.1 Å². The maximum absolute atomic E-state index is 12.1. The highest BCUT2D eigenvalue weighted by molar-refractivity contribution is 6.34. The number of hydrogen-bond donors (Lipinski definition) is 4. The summed E-state index contributed by atoms with van der Waals surface area (Å²) in [7, 11) is 0. The standard InChI is InChI=1S/C14H11ClN2O4/c15-11-3-2-8(18)6-9(11)13(19)17-12-4-1-7(16)5-10(12)14(20)21/h1-6,18H,16H2,(H,17,19)(H,20,21). The molecule has 2 rings (SSSR count). The quantitative estimate of drug-likeness (QED) is 0.651. The number of carbonyl (C=O) groups excluding carboxylic acids is 1. The lowest BCUT2D eigenvalue weighted by atomic mass is 10.1. The number of aromatic carboxylic acids is 1. The smallest absolute Gasteiger partial charge is 0.337 e. The summed E-state index contributed by atoms with van der Waals surface area (Å²) in [6, 6.07) is 7.98. The molecular formula is C14H11ClN2O4. The van der Waals surface area contributed by atoms with Crippen LogP contribution in [0.4, 0.5) is 11.4 Å². The van der Waals surface area contributed by atoms with Crippen LogP contribution in [0.3, 0.4) is 0 Å². The van der Waals surface area contributed by atoms with Gasteiger partial charge >= 0.3 is 5.97 Å². The summed E-state index contributed by atoms with van der Waals surface area (Å²) in [6.45, 7) is 0. The van der Waals surface area contributed by atoms with E-state index in [0.29, 0.717) is 0 Å². The highest BCUT2D eigenvalue weighted by Gasteiger charge is 2.16. The van der Waals surface area contributed by atoms with Crippen molar-refractivity contribution in [1.29, 1.82) is 0 Å². The van der Waals surface area contributed by atoms with Crippen LogP contribution in [0.5, 0.6) is 5.75 Å². The lowest BCUT2D eigenvalue weighted by molar-refractivity contribution is 0.0698. The number of halogens is 1. The summed E-state index contributed by atoms with van der Waals surface area (Å²) in [4.78, 5) is 23.3. The molecule has 0 fully saturated rings. The van der Waals surface area contributed by atoms with Crippen molar-refractivity contribution in [3.63, 3.8) is 0 Å². The third-order valence-corrected chi connectivity index (χ3v) is 3.05. The Bertz CT molecular complexity index is 731. The molecular weight excluding hydrogens is 296 g/mol. The first-order valence-electron chi connectivity index (χ1n) is 5.81. The van der Waals surface area contributed by atoms with Crippen molar-refractivity contribution in [3.05, 3.63) is 52.5 Å². The van der Waals surface area contributed by atoms with E-state index in [4.69, 9.17) is 22.4 Å². The minimum absolute atomic E-state index is 0.0323. The number of carboxylic acid groups (broad SMARTS) is 1. The molecule has 0 spiro atoms. The first-order valence-corrected chi connectivity index (χ1v) is 6.19. The summed E-state index contributed by atoms with van der Waals surface area (Å²) in [6.07, 6.45) is 0. The van der Waals surface area contributed by atoms with Crippen LogP contribution >= 0.6 is 11.6 Å². The Morgan fingerprint density at radius 1 is 1.10 bits per heavy atom. The number of aromatic hydroxyl groups is 1. The number of nitrogen functional groups attached to an aromatic ring is 1. The van der Waals surface area contributed by atoms with Gasteiger partial charge in [-0.1, -0.05) is 11.6 Å². The van der Waals surface area contributed by atoms with Gasteiger partial charge in [0.2, 0.25) is 0 Å². The summed E-state index contributed by atoms with van der Waals surface area (Å²) in [5.41, 5.74) is 5.76. The molecule has 0 aliphatic carbocycles. The average Bonchev–Trinajstić information content (AvgIpc) is 2.43. The summed E-state index contributed by atoms with van der Waals surface area (Å²) in [5.74, 6) is -1.98. The fraction of sp³-hybridized carbons (Fsp3) is 0. The fourth-order valence-electron chi connectivity index (χ4n) is 1.72. The maximum atomic E-state index is 12.1. The van der Waals surface area contributed by atoms with E-state index in [1.54, 1.807) is 0 Å². The van der Waals surface area contributed by atoms with E-state index in [0.717, 1.165) is 0 Å². The Kier molecular flexibility index (Phi) is 4.00. The fourth-order valence-corrected chi connectivity index (χ4v) is 1.93. The summed E-state index contributed by atoms with van der Waals surface area (Å²) >= 11 is 5.88. The Morgan fingerprint density at radius 2 is 1.81 bits per heavy atom. The van der Waals surface area contributed by atoms with Crippen LogP contribution in [0.1, 0.15) is 20.7 Å². The molecule has 0 atom stereocenters. The van der Waals surface area contributed by atoms with Crippen molar-refractivity contribution in [2.45, 2.75) is 0 Å². The number of nitrogens with one attached hydrogen (secondary N) is 1. The van der Waals surface area contributed by atoms with Crippen LogP contribution < -0.4 is 11.1 Å². The number of nitrogens with two attached hydrogens (primary N) is 1. The van der Waals surface area contributed by atoms with Crippen molar-refractivity contribution in [2.75, 3.05) is 11.1 Å². The largest absolute Gasteiger partial charge is 0.508 e. The van der Waals surface area contributed by atoms with E-state index in [-0.39, 0.29) is 33.3 Å². The second kappa shape index (κ2) is 5.72. The number of carboxylic acids is 1. The summed E-state index contributed by atoms with van der Waals surface area (Å²) < 4.78 is 0. The van der Waals surface area contributed by atoms with Gasteiger partial charge in [0, 0.05) is 5.69 Å². The number of hydrogen-bond acceptors (Lipinski definition) is 4. The number of amides is 1. The van der Waals surface area contributed by atoms with Crippen LogP contribution in [0.2, 0.25) is 5.02 Å². The number of carbonyl (C=O) groups is 2. The van der Waals surface area contributed by atoms with Crippen molar-refractivity contribution < 1.29 is 19.8 Å². The molecule has 108 valence electrons. The van der Waals surface area contributed by atoms with Gasteiger partial charge in [0.15, 0.2) is 0 Å². The predicted octanol–water partition coefficient (Wildman–Crippen LogP) is 2.58. The van der Waals surface area contributed by atoms with Gasteiger partial charge in [-0.25, -0.2) is 4.79 Å². The van der Waals surface area contributed by atoms with Crippen LogP contribution in [0.25, 0.3) is 0 Å². The average molecular weight is 307 g/mol. The van der Waals surface area contributed by atoms with Crippen LogP contribution in [0.15, 0.2) is 36.4 Å². The molecule has 6 nitrogen and oxygen atoms in total. The van der Waals surface area contributed by atoms with Gasteiger partial charge in [0.05, 0.1) is 21.8 Å². The highest BCUT2D eigenvalue weighted by atomic mass is 35.5. The van der Waals surface area contributed by atoms with E-state index in [2.05, 4.69) is 5.32 Å². The molecule has 0 saturated heterocycles. The number of anilines is 2. The van der Waals surface area contributed by atoms with E-state index in [9.17, 15) is 14.7 Å². The van der Waals surface area contributed by atoms with E-state index < -0.39 is 11.9 Å². The lowest BCUT2D eigenvalue weighted by Gasteiger charge is -2.10. The summed E-state index contributed by atoms with van der Waals surface area (Å²) in [5, 5.41) is 21.1. The van der Waals surface area contributed by atoms with Crippen LogP contribution in [0, 0.1) is 0 Å². The molecule has 0 bridgehead atoms. The SMILES string of the molecule is Nc1ccc(NC(=O)c2cc(O)ccc2Cl)c(C(=O)O)c1. The second-order valence-corrected chi connectivity index (χ2v) is 4.64. The Morgan fingerprint density at radius 3 is 2.48 bits per heavy atom. The minimum atomic E-state index is -1.22. The Hall–Kier alpha value is -2.73. The number of phenols is 1. The van der Waals surface area contributed by atoms with E-state index in [1.807, 2.05) is 0 Å². The third-order valence-electron chi connectivity index (χ3n) is 2.72. The lowest BCUT2D eigenvalue weighted by Crippen LogP contribution is -2.15. The highest BCUT2D eigenvalue weighted by Crippen LogP contribution is 2.24. The molecule has 0 aliphatic heterocycles. The van der Waals surface area contributed by atoms with Crippen molar-refractivity contribution >= 4 is 34.9 Å². The first kappa shape index (κ1) is 14.7. The number of phenolic OH excluding ortho intramolecular Hbond substituents is 1. The van der Waals surface area contributed by atoms with Gasteiger partial charge in [-0.2, -0.15) is 0 Å². The van der Waals surface area contributed by atoms with Gasteiger partial charge in [0.25, 0.3) is 5.91 Å². The molecule has 1 amide bonds. The van der Waals surface area contributed by atoms with Crippen molar-refractivity contribution in [1.82, 2.24) is 0 Å². The number of rotatable bonds is 3. The maximum Gasteiger partial charge on any atom is 0.337 e. The van der Waals surface area contributed by atoms with Gasteiger partial charge in [0.1, 0.15) is 5.75 Å². The first-order chi connectivity index (χ1) is 9.88. The van der Waals surface area contributed by atoms with Gasteiger partial charge in [-0.15, -0.1) is 0 Å². The molecule has 7 heteroatoms. The van der Waals surface area contributed by atoms with Gasteiger partial charge in [-0.05, 0) is 36.4 Å². The van der Waals surface area contributed by atoms with E-state index >= 15 is 0 Å². The normalized spacial score (nSPS) is 10.1. The molecule has 0 unspecified atom stereocenters. The molecule has 0 aliphatic rings. The van der Waals surface area contributed by atoms with Crippen molar-refractivity contribution in [2.24, 2.45) is 0 Å². The second-order valence-electron chi connectivity index (χ2n) is 4.23. The number of benzene rings is 2. The zero-order valence-corrected chi connectivity index (χ0v) is 11.4. The molecule has 2 aromatic rings. The van der Waals surface area contributed by atoms with Crippen molar-refractivity contribution in [3.8, 4) is 5.75 Å². The molecule has 2 aromatic carbocycles. The predicted molar refractivity (Wildman–Crippen MR) is 78.9 cm³/mol. The molecule has 0 saturated carbocycles. The van der Waals surface area contributed by atoms with Crippen LogP contribution in [-0.2, 0) is 0 Å².